The third kappa shape index (κ3) is 5.64. The molecule has 0 radical (unpaired) electrons. The standard InChI is InChI=1S/C27H22N2O6S/c1-17-11-13-18(14-12-17)26(32)35-24-19(7-6-10-21(24)34-2)15-22-25(31)29(27(33)36-22)16-23(30)28-20-8-4-3-5-9-20/h3-15H,16H2,1-2H3,(H,28,30)/b22-15-. The Morgan fingerprint density at radius 3 is 2.39 bits per heavy atom. The fraction of sp³-hybridized carbons (Fsp3) is 0.111. The van der Waals surface area contributed by atoms with Gasteiger partial charge in [-0.1, -0.05) is 48.0 Å². The van der Waals surface area contributed by atoms with Crippen molar-refractivity contribution >= 4 is 46.5 Å². The molecule has 3 aromatic rings. The van der Waals surface area contributed by atoms with Gasteiger partial charge in [-0.15, -0.1) is 0 Å². The zero-order valence-corrected chi connectivity index (χ0v) is 20.3. The lowest BCUT2D eigenvalue weighted by Crippen LogP contribution is -2.36. The topological polar surface area (TPSA) is 102 Å². The number of carbonyl (C=O) groups is 4. The zero-order valence-electron chi connectivity index (χ0n) is 19.5. The number of nitrogens with zero attached hydrogens (tertiary/aromatic N) is 1. The molecule has 0 unspecified atom stereocenters. The number of aryl methyl sites for hydroxylation is 1. The van der Waals surface area contributed by atoms with Crippen molar-refractivity contribution in [2.24, 2.45) is 0 Å². The zero-order chi connectivity index (χ0) is 25.7. The van der Waals surface area contributed by atoms with Gasteiger partial charge >= 0.3 is 5.97 Å². The average molecular weight is 503 g/mol. The minimum Gasteiger partial charge on any atom is -0.493 e. The second kappa shape index (κ2) is 10.9. The molecule has 0 saturated carbocycles. The Hall–Kier alpha value is -4.37. The van der Waals surface area contributed by atoms with Crippen LogP contribution in [-0.4, -0.2) is 41.6 Å². The SMILES string of the molecule is COc1cccc(/C=C2\SC(=O)N(CC(=O)Nc3ccccc3)C2=O)c1OC(=O)c1ccc(C)cc1. The summed E-state index contributed by atoms with van der Waals surface area (Å²) in [5.41, 5.74) is 2.27. The van der Waals surface area contributed by atoms with Crippen LogP contribution in [0, 0.1) is 6.92 Å². The summed E-state index contributed by atoms with van der Waals surface area (Å²) in [5.74, 6) is -1.32. The molecule has 1 saturated heterocycles. The number of rotatable bonds is 7. The summed E-state index contributed by atoms with van der Waals surface area (Å²) in [7, 11) is 1.43. The Balaban J connectivity index is 1.55. The fourth-order valence-electron chi connectivity index (χ4n) is 3.40. The number of hydrogen-bond donors (Lipinski definition) is 1. The minimum atomic E-state index is -0.619. The second-order valence-corrected chi connectivity index (χ2v) is 8.81. The second-order valence-electron chi connectivity index (χ2n) is 7.82. The van der Waals surface area contributed by atoms with Gasteiger partial charge in [0.25, 0.3) is 11.1 Å². The minimum absolute atomic E-state index is 0.0911. The van der Waals surface area contributed by atoms with E-state index in [9.17, 15) is 19.2 Å². The van der Waals surface area contributed by atoms with Gasteiger partial charge in [-0.25, -0.2) is 4.79 Å². The maximum absolute atomic E-state index is 12.9. The Bertz CT molecular complexity index is 1350. The number of anilines is 1. The number of thioether (sulfide) groups is 1. The van der Waals surface area contributed by atoms with Crippen LogP contribution in [0.25, 0.3) is 6.08 Å². The summed E-state index contributed by atoms with van der Waals surface area (Å²) in [6.45, 7) is 1.48. The van der Waals surface area contributed by atoms with E-state index in [1.807, 2.05) is 13.0 Å². The van der Waals surface area contributed by atoms with Crippen molar-refractivity contribution in [2.75, 3.05) is 19.0 Å². The van der Waals surface area contributed by atoms with Crippen LogP contribution in [0.5, 0.6) is 11.5 Å². The van der Waals surface area contributed by atoms with Crippen molar-refractivity contribution in [3.63, 3.8) is 0 Å². The van der Waals surface area contributed by atoms with Crippen molar-refractivity contribution in [3.05, 3.63) is 94.4 Å². The number of nitrogens with one attached hydrogen (secondary N) is 1. The van der Waals surface area contributed by atoms with Gasteiger partial charge in [-0.3, -0.25) is 19.3 Å². The van der Waals surface area contributed by atoms with E-state index >= 15 is 0 Å². The molecule has 1 heterocycles. The number of imide groups is 1. The molecular weight excluding hydrogens is 480 g/mol. The number of methoxy groups -OCH3 is 1. The molecule has 0 spiro atoms. The highest BCUT2D eigenvalue weighted by atomic mass is 32.2. The molecule has 0 aromatic heterocycles. The summed E-state index contributed by atoms with van der Waals surface area (Å²) in [4.78, 5) is 51.5. The van der Waals surface area contributed by atoms with Crippen LogP contribution in [0.2, 0.25) is 0 Å². The molecule has 3 amide bonds. The van der Waals surface area contributed by atoms with E-state index in [4.69, 9.17) is 9.47 Å². The molecule has 3 aromatic carbocycles. The highest BCUT2D eigenvalue weighted by Crippen LogP contribution is 2.37. The van der Waals surface area contributed by atoms with Crippen LogP contribution in [0.3, 0.4) is 0 Å². The number of benzene rings is 3. The summed E-state index contributed by atoms with van der Waals surface area (Å²) < 4.78 is 11.0. The Morgan fingerprint density at radius 1 is 0.972 bits per heavy atom. The van der Waals surface area contributed by atoms with Gasteiger partial charge in [0.15, 0.2) is 11.5 Å². The normalized spacial score (nSPS) is 14.2. The third-order valence-electron chi connectivity index (χ3n) is 5.23. The van der Waals surface area contributed by atoms with Crippen LogP contribution in [0.1, 0.15) is 21.5 Å². The molecule has 1 N–H and O–H groups in total. The fourth-order valence-corrected chi connectivity index (χ4v) is 4.23. The van der Waals surface area contributed by atoms with Crippen LogP contribution in [0.15, 0.2) is 77.7 Å². The molecule has 36 heavy (non-hydrogen) atoms. The molecule has 0 bridgehead atoms. The van der Waals surface area contributed by atoms with Crippen molar-refractivity contribution in [3.8, 4) is 11.5 Å². The number of carbonyl (C=O) groups excluding carboxylic acids is 4. The predicted octanol–water partition coefficient (Wildman–Crippen LogP) is 4.90. The molecule has 1 aliphatic rings. The van der Waals surface area contributed by atoms with Crippen LogP contribution in [0.4, 0.5) is 10.5 Å². The van der Waals surface area contributed by atoms with Gasteiger partial charge in [0.05, 0.1) is 17.6 Å². The molecule has 182 valence electrons. The van der Waals surface area contributed by atoms with E-state index in [2.05, 4.69) is 5.32 Å². The summed E-state index contributed by atoms with van der Waals surface area (Å²) in [6, 6.07) is 20.6. The highest BCUT2D eigenvalue weighted by molar-refractivity contribution is 8.18. The van der Waals surface area contributed by atoms with Crippen molar-refractivity contribution in [1.82, 2.24) is 4.90 Å². The van der Waals surface area contributed by atoms with Gasteiger partial charge in [0.1, 0.15) is 6.54 Å². The molecule has 4 rings (SSSR count). The lowest BCUT2D eigenvalue weighted by molar-refractivity contribution is -0.127. The maximum Gasteiger partial charge on any atom is 0.343 e. The first kappa shape index (κ1) is 24.7. The van der Waals surface area contributed by atoms with Gasteiger partial charge in [-0.05, 0) is 55.1 Å². The molecule has 0 aliphatic carbocycles. The van der Waals surface area contributed by atoms with E-state index in [-0.39, 0.29) is 16.4 Å². The Morgan fingerprint density at radius 2 is 1.69 bits per heavy atom. The summed E-state index contributed by atoms with van der Waals surface area (Å²) >= 11 is 0.701. The van der Waals surface area contributed by atoms with Crippen molar-refractivity contribution in [2.45, 2.75) is 6.92 Å². The van der Waals surface area contributed by atoms with Gasteiger partial charge in [0, 0.05) is 11.3 Å². The van der Waals surface area contributed by atoms with Gasteiger partial charge in [-0.2, -0.15) is 0 Å². The quantitative estimate of drug-likeness (QED) is 0.279. The number of ether oxygens (including phenoxy) is 2. The van der Waals surface area contributed by atoms with E-state index in [0.29, 0.717) is 28.6 Å². The monoisotopic (exact) mass is 502 g/mol. The van der Waals surface area contributed by atoms with Crippen molar-refractivity contribution in [1.29, 1.82) is 0 Å². The van der Waals surface area contributed by atoms with Crippen LogP contribution < -0.4 is 14.8 Å². The maximum atomic E-state index is 12.9. The predicted molar refractivity (Wildman–Crippen MR) is 137 cm³/mol. The van der Waals surface area contributed by atoms with E-state index in [1.165, 1.54) is 13.2 Å². The lowest BCUT2D eigenvalue weighted by atomic mass is 10.1. The Kier molecular flexibility index (Phi) is 7.50. The lowest BCUT2D eigenvalue weighted by Gasteiger charge is -2.13. The van der Waals surface area contributed by atoms with E-state index < -0.39 is 29.6 Å². The smallest absolute Gasteiger partial charge is 0.343 e. The molecular formula is C27H22N2O6S. The molecule has 0 atom stereocenters. The van der Waals surface area contributed by atoms with Crippen LogP contribution >= 0.6 is 11.8 Å². The third-order valence-corrected chi connectivity index (χ3v) is 6.14. The summed E-state index contributed by atoms with van der Waals surface area (Å²) in [5, 5.41) is 2.08. The highest BCUT2D eigenvalue weighted by Gasteiger charge is 2.36. The van der Waals surface area contributed by atoms with Gasteiger partial charge < -0.3 is 14.8 Å². The molecule has 1 aliphatic heterocycles. The number of amides is 3. The van der Waals surface area contributed by atoms with Gasteiger partial charge in [0.2, 0.25) is 5.91 Å². The largest absolute Gasteiger partial charge is 0.493 e. The number of esters is 1. The first-order chi connectivity index (χ1) is 17.4. The average Bonchev–Trinajstić information content (AvgIpc) is 3.13. The molecule has 9 heteroatoms. The Labute approximate surface area is 211 Å². The molecule has 8 nitrogen and oxygen atoms in total. The van der Waals surface area contributed by atoms with Crippen LogP contribution in [-0.2, 0) is 9.59 Å². The molecule has 1 fully saturated rings. The number of para-hydroxylation sites is 2. The van der Waals surface area contributed by atoms with E-state index in [0.717, 1.165) is 10.5 Å². The first-order valence-electron chi connectivity index (χ1n) is 10.9. The van der Waals surface area contributed by atoms with E-state index in [1.54, 1.807) is 66.7 Å². The summed E-state index contributed by atoms with van der Waals surface area (Å²) in [6.07, 6.45) is 1.44. The van der Waals surface area contributed by atoms with Crippen molar-refractivity contribution < 1.29 is 28.7 Å². The number of hydrogen-bond acceptors (Lipinski definition) is 7. The first-order valence-corrected chi connectivity index (χ1v) is 11.7.